The maximum absolute atomic E-state index is 5.86. The molecule has 1 aromatic rings. The Morgan fingerprint density at radius 3 is 2.55 bits per heavy atom. The molecule has 0 saturated carbocycles. The fraction of sp³-hybridized carbons (Fsp3) is 0.647. The lowest BCUT2D eigenvalue weighted by Gasteiger charge is -2.24. The lowest BCUT2D eigenvalue weighted by atomic mass is 9.90. The number of ether oxygens (including phenoxy) is 2. The molecule has 0 aliphatic carbocycles. The molecule has 3 heteroatoms. The fourth-order valence-corrected chi connectivity index (χ4v) is 2.58. The van der Waals surface area contributed by atoms with Gasteiger partial charge in [-0.05, 0) is 62.4 Å². The van der Waals surface area contributed by atoms with Gasteiger partial charge < -0.3 is 14.8 Å². The average Bonchev–Trinajstić information content (AvgIpc) is 2.47. The highest BCUT2D eigenvalue weighted by Crippen LogP contribution is 2.34. The Morgan fingerprint density at radius 1 is 1.15 bits per heavy atom. The van der Waals surface area contributed by atoms with Gasteiger partial charge in [0.25, 0.3) is 0 Å². The Labute approximate surface area is 122 Å². The van der Waals surface area contributed by atoms with Crippen LogP contribution in [0.4, 0.5) is 0 Å². The van der Waals surface area contributed by atoms with Crippen molar-refractivity contribution in [2.45, 2.75) is 39.5 Å². The number of rotatable bonds is 6. The van der Waals surface area contributed by atoms with Crippen LogP contribution in [0.1, 0.15) is 45.1 Å². The van der Waals surface area contributed by atoms with Crippen LogP contribution in [0.5, 0.6) is 11.5 Å². The molecule has 112 valence electrons. The molecule has 0 bridgehead atoms. The van der Waals surface area contributed by atoms with E-state index < -0.39 is 0 Å². The highest BCUT2D eigenvalue weighted by Gasteiger charge is 2.17. The Hall–Kier alpha value is -1.22. The van der Waals surface area contributed by atoms with Crippen LogP contribution in [-0.4, -0.2) is 26.3 Å². The Kier molecular flexibility index (Phi) is 5.72. The van der Waals surface area contributed by atoms with Gasteiger partial charge in [-0.3, -0.25) is 0 Å². The first-order valence-electron chi connectivity index (χ1n) is 7.81. The first-order valence-corrected chi connectivity index (χ1v) is 7.81. The molecule has 1 fully saturated rings. The Morgan fingerprint density at radius 2 is 1.90 bits per heavy atom. The van der Waals surface area contributed by atoms with E-state index in [1.54, 1.807) is 0 Å². The molecule has 0 unspecified atom stereocenters. The van der Waals surface area contributed by atoms with Crippen LogP contribution >= 0.6 is 0 Å². The molecule has 1 heterocycles. The summed E-state index contributed by atoms with van der Waals surface area (Å²) < 4.78 is 11.6. The third-order valence-corrected chi connectivity index (χ3v) is 3.65. The Balaban J connectivity index is 2.13. The lowest BCUT2D eigenvalue weighted by Crippen LogP contribution is -2.26. The van der Waals surface area contributed by atoms with Gasteiger partial charge in [-0.15, -0.1) is 0 Å². The monoisotopic (exact) mass is 277 g/mol. The van der Waals surface area contributed by atoms with E-state index in [0.29, 0.717) is 18.4 Å². The summed E-state index contributed by atoms with van der Waals surface area (Å²) in [4.78, 5) is 0. The van der Waals surface area contributed by atoms with Crippen molar-refractivity contribution in [3.8, 4) is 11.5 Å². The van der Waals surface area contributed by atoms with Crippen LogP contribution in [0.2, 0.25) is 0 Å². The number of nitrogens with one attached hydrogen (secondary N) is 1. The topological polar surface area (TPSA) is 30.5 Å². The SMILES string of the molecule is CCOc1cc(C2CCNCC2)ccc1OCC(C)C. The standard InChI is InChI=1S/C17H27NO2/c1-4-19-17-11-15(14-7-9-18-10-8-14)5-6-16(17)20-12-13(2)3/h5-6,11,13-14,18H,4,7-10,12H2,1-3H3. The molecule has 1 aromatic carbocycles. The predicted octanol–water partition coefficient (Wildman–Crippen LogP) is 3.59. The zero-order valence-corrected chi connectivity index (χ0v) is 12.9. The summed E-state index contributed by atoms with van der Waals surface area (Å²) in [5.41, 5.74) is 1.38. The molecule has 1 saturated heterocycles. The maximum atomic E-state index is 5.86. The molecule has 0 spiro atoms. The van der Waals surface area contributed by atoms with Gasteiger partial charge in [0.05, 0.1) is 13.2 Å². The first kappa shape index (κ1) is 15.2. The summed E-state index contributed by atoms with van der Waals surface area (Å²) in [7, 11) is 0. The minimum absolute atomic E-state index is 0.522. The van der Waals surface area contributed by atoms with E-state index in [1.807, 2.05) is 6.92 Å². The molecule has 1 aliphatic heterocycles. The van der Waals surface area contributed by atoms with Crippen LogP contribution in [-0.2, 0) is 0 Å². The molecule has 0 amide bonds. The molecule has 0 radical (unpaired) electrons. The van der Waals surface area contributed by atoms with Crippen LogP contribution < -0.4 is 14.8 Å². The van der Waals surface area contributed by atoms with Crippen molar-refractivity contribution in [2.24, 2.45) is 5.92 Å². The molecule has 20 heavy (non-hydrogen) atoms. The van der Waals surface area contributed by atoms with Crippen molar-refractivity contribution < 1.29 is 9.47 Å². The summed E-state index contributed by atoms with van der Waals surface area (Å²) in [5, 5.41) is 3.41. The van der Waals surface area contributed by atoms with E-state index >= 15 is 0 Å². The van der Waals surface area contributed by atoms with Gasteiger partial charge in [0.15, 0.2) is 11.5 Å². The second kappa shape index (κ2) is 7.53. The summed E-state index contributed by atoms with van der Waals surface area (Å²) in [5.74, 6) is 2.94. The largest absolute Gasteiger partial charge is 0.490 e. The van der Waals surface area contributed by atoms with Crippen LogP contribution in [0.15, 0.2) is 18.2 Å². The molecule has 0 atom stereocenters. The molecule has 2 rings (SSSR count). The van der Waals surface area contributed by atoms with Gasteiger partial charge in [0.2, 0.25) is 0 Å². The minimum atomic E-state index is 0.522. The van der Waals surface area contributed by atoms with Gasteiger partial charge in [-0.1, -0.05) is 19.9 Å². The maximum Gasteiger partial charge on any atom is 0.161 e. The zero-order chi connectivity index (χ0) is 14.4. The predicted molar refractivity (Wildman–Crippen MR) is 82.8 cm³/mol. The smallest absolute Gasteiger partial charge is 0.161 e. The molecular formula is C17H27NO2. The number of benzene rings is 1. The summed E-state index contributed by atoms with van der Waals surface area (Å²) >= 11 is 0. The average molecular weight is 277 g/mol. The van der Waals surface area contributed by atoms with E-state index in [0.717, 1.165) is 31.2 Å². The van der Waals surface area contributed by atoms with Crippen molar-refractivity contribution in [1.29, 1.82) is 0 Å². The summed E-state index contributed by atoms with van der Waals surface area (Å²) in [6, 6.07) is 6.45. The third kappa shape index (κ3) is 4.14. The van der Waals surface area contributed by atoms with Crippen molar-refractivity contribution in [1.82, 2.24) is 5.32 Å². The fourth-order valence-electron chi connectivity index (χ4n) is 2.58. The highest BCUT2D eigenvalue weighted by atomic mass is 16.5. The van der Waals surface area contributed by atoms with E-state index in [1.165, 1.54) is 18.4 Å². The quantitative estimate of drug-likeness (QED) is 0.862. The normalized spacial score (nSPS) is 16.4. The first-order chi connectivity index (χ1) is 9.70. The van der Waals surface area contributed by atoms with Crippen molar-refractivity contribution >= 4 is 0 Å². The Bertz CT molecular complexity index is 411. The number of hydrogen-bond donors (Lipinski definition) is 1. The van der Waals surface area contributed by atoms with Crippen molar-refractivity contribution in [3.05, 3.63) is 23.8 Å². The molecule has 1 aliphatic rings. The van der Waals surface area contributed by atoms with Crippen molar-refractivity contribution in [3.63, 3.8) is 0 Å². The van der Waals surface area contributed by atoms with Crippen LogP contribution in [0.25, 0.3) is 0 Å². The van der Waals surface area contributed by atoms with E-state index in [2.05, 4.69) is 37.4 Å². The third-order valence-electron chi connectivity index (χ3n) is 3.65. The van der Waals surface area contributed by atoms with Crippen LogP contribution in [0, 0.1) is 5.92 Å². The van der Waals surface area contributed by atoms with Gasteiger partial charge in [0.1, 0.15) is 0 Å². The summed E-state index contributed by atoms with van der Waals surface area (Å²) in [6.07, 6.45) is 2.41. The highest BCUT2D eigenvalue weighted by molar-refractivity contribution is 5.44. The van der Waals surface area contributed by atoms with Crippen LogP contribution in [0.3, 0.4) is 0 Å². The van der Waals surface area contributed by atoms with E-state index in [9.17, 15) is 0 Å². The van der Waals surface area contributed by atoms with Gasteiger partial charge in [-0.2, -0.15) is 0 Å². The lowest BCUT2D eigenvalue weighted by molar-refractivity contribution is 0.247. The molecule has 1 N–H and O–H groups in total. The second-order valence-corrected chi connectivity index (χ2v) is 5.87. The number of piperidine rings is 1. The number of hydrogen-bond acceptors (Lipinski definition) is 3. The minimum Gasteiger partial charge on any atom is -0.490 e. The van der Waals surface area contributed by atoms with E-state index in [4.69, 9.17) is 9.47 Å². The zero-order valence-electron chi connectivity index (χ0n) is 12.9. The van der Waals surface area contributed by atoms with Gasteiger partial charge >= 0.3 is 0 Å². The molecular weight excluding hydrogens is 250 g/mol. The van der Waals surface area contributed by atoms with Gasteiger partial charge in [-0.25, -0.2) is 0 Å². The summed E-state index contributed by atoms with van der Waals surface area (Å²) in [6.45, 7) is 9.96. The van der Waals surface area contributed by atoms with Gasteiger partial charge in [0, 0.05) is 0 Å². The molecule has 3 nitrogen and oxygen atoms in total. The molecule has 0 aromatic heterocycles. The van der Waals surface area contributed by atoms with E-state index in [-0.39, 0.29) is 0 Å². The van der Waals surface area contributed by atoms with Crippen molar-refractivity contribution in [2.75, 3.05) is 26.3 Å². The second-order valence-electron chi connectivity index (χ2n) is 5.87.